The SMILES string of the molecule is CC1(C)O[C@@H]2[C@@H](CO[C@](O)(CN3CCC(NCC(=O)N4C[C@@](C)(F)C[C@H]4C#N)CC3)[C@H]2O)O1. The summed E-state index contributed by atoms with van der Waals surface area (Å²) in [6.45, 7) is 6.52. The number of piperidine rings is 1. The molecule has 3 N–H and O–H groups in total. The zero-order chi connectivity index (χ0) is 24.0. The van der Waals surface area contributed by atoms with Gasteiger partial charge >= 0.3 is 0 Å². The van der Waals surface area contributed by atoms with Crippen molar-refractivity contribution in [2.45, 2.75) is 87.7 Å². The molecule has 1 amide bonds. The van der Waals surface area contributed by atoms with Crippen molar-refractivity contribution >= 4 is 5.91 Å². The molecule has 6 atom stereocenters. The molecule has 0 aromatic rings. The number of alkyl halides is 1. The van der Waals surface area contributed by atoms with E-state index in [9.17, 15) is 24.7 Å². The van der Waals surface area contributed by atoms with Crippen LogP contribution in [0.2, 0.25) is 0 Å². The van der Waals surface area contributed by atoms with Crippen molar-refractivity contribution in [3.8, 4) is 6.07 Å². The molecule has 0 unspecified atom stereocenters. The molecule has 4 heterocycles. The van der Waals surface area contributed by atoms with Gasteiger partial charge in [-0.05, 0) is 46.7 Å². The summed E-state index contributed by atoms with van der Waals surface area (Å²) in [5.74, 6) is -2.85. The monoisotopic (exact) mass is 470 g/mol. The summed E-state index contributed by atoms with van der Waals surface area (Å²) in [5.41, 5.74) is -1.53. The number of nitriles is 1. The fraction of sp³-hybridized carbons (Fsp3) is 0.909. The van der Waals surface area contributed by atoms with Gasteiger partial charge in [-0.1, -0.05) is 0 Å². The van der Waals surface area contributed by atoms with Gasteiger partial charge in [-0.15, -0.1) is 0 Å². The highest BCUT2D eigenvalue weighted by molar-refractivity contribution is 5.79. The Morgan fingerprint density at radius 1 is 1.27 bits per heavy atom. The number of carbonyl (C=O) groups excluding carboxylic acids is 1. The number of fused-ring (bicyclic) bond motifs is 1. The van der Waals surface area contributed by atoms with Gasteiger partial charge in [-0.25, -0.2) is 4.39 Å². The summed E-state index contributed by atoms with van der Waals surface area (Å²) < 4.78 is 31.3. The number of ether oxygens (including phenoxy) is 3. The van der Waals surface area contributed by atoms with Gasteiger partial charge in [-0.2, -0.15) is 5.26 Å². The Labute approximate surface area is 193 Å². The third-order valence-electron chi connectivity index (χ3n) is 7.04. The number of β-amino-alcohol motifs (C(OH)–C–C–N with tert-alkyl or cyclic N) is 1. The van der Waals surface area contributed by atoms with Crippen LogP contribution in [0.15, 0.2) is 0 Å². The number of nitrogens with one attached hydrogen (secondary N) is 1. The van der Waals surface area contributed by atoms with E-state index in [1.165, 1.54) is 11.8 Å². The summed E-state index contributed by atoms with van der Waals surface area (Å²) in [6.07, 6.45) is -0.796. The maximum atomic E-state index is 14.2. The molecular formula is C22H35FN4O6. The minimum atomic E-state index is -1.75. The standard InChI is InChI=1S/C22H35FN4O6/c1-20(2)32-16-11-31-22(30,19(29)18(16)33-20)13-26-6-4-14(5-7-26)25-10-17(28)27-12-21(3,23)8-15(27)9-24/h14-16,18-19,25,29-30H,4-8,10-13H2,1-3H3/t15-,16+,18+,19-,21-,22+/m0/s1. The quantitative estimate of drug-likeness (QED) is 0.487. The Bertz CT molecular complexity index is 783. The van der Waals surface area contributed by atoms with E-state index in [4.69, 9.17) is 14.2 Å². The maximum absolute atomic E-state index is 14.2. The zero-order valence-corrected chi connectivity index (χ0v) is 19.5. The lowest BCUT2D eigenvalue weighted by Crippen LogP contribution is -2.64. The van der Waals surface area contributed by atoms with Gasteiger partial charge in [0.1, 0.15) is 30.0 Å². The van der Waals surface area contributed by atoms with Crippen LogP contribution in [0, 0.1) is 11.3 Å². The summed E-state index contributed by atoms with van der Waals surface area (Å²) in [4.78, 5) is 15.9. The minimum absolute atomic E-state index is 0.0424. The predicted molar refractivity (Wildman–Crippen MR) is 113 cm³/mol. The van der Waals surface area contributed by atoms with Crippen LogP contribution < -0.4 is 5.32 Å². The highest BCUT2D eigenvalue weighted by Gasteiger charge is 2.57. The van der Waals surface area contributed by atoms with Crippen molar-refractivity contribution in [2.24, 2.45) is 0 Å². The van der Waals surface area contributed by atoms with E-state index in [0.717, 1.165) is 12.8 Å². The maximum Gasteiger partial charge on any atom is 0.237 e. The highest BCUT2D eigenvalue weighted by Crippen LogP contribution is 2.38. The van der Waals surface area contributed by atoms with Gasteiger partial charge < -0.3 is 34.6 Å². The fourth-order valence-electron chi connectivity index (χ4n) is 5.34. The summed E-state index contributed by atoms with van der Waals surface area (Å²) >= 11 is 0. The molecule has 0 aliphatic carbocycles. The van der Waals surface area contributed by atoms with Gasteiger partial charge in [0, 0.05) is 12.5 Å². The smallest absolute Gasteiger partial charge is 0.237 e. The van der Waals surface area contributed by atoms with E-state index in [2.05, 4.69) is 5.32 Å². The molecular weight excluding hydrogens is 435 g/mol. The summed E-state index contributed by atoms with van der Waals surface area (Å²) in [5, 5.41) is 34.2. The second-order valence-electron chi connectivity index (χ2n) is 10.5. The van der Waals surface area contributed by atoms with Crippen molar-refractivity contribution in [1.29, 1.82) is 5.26 Å². The third kappa shape index (κ3) is 5.32. The van der Waals surface area contributed by atoms with Crippen LogP contribution >= 0.6 is 0 Å². The number of likely N-dealkylation sites (tertiary alicyclic amines) is 2. The number of aliphatic hydroxyl groups excluding tert-OH is 1. The van der Waals surface area contributed by atoms with Gasteiger partial charge in [-0.3, -0.25) is 9.69 Å². The fourth-order valence-corrected chi connectivity index (χ4v) is 5.34. The number of hydrogen-bond acceptors (Lipinski definition) is 9. The van der Waals surface area contributed by atoms with E-state index in [1.54, 1.807) is 13.8 Å². The molecule has 4 aliphatic rings. The van der Waals surface area contributed by atoms with Crippen LogP contribution in [-0.4, -0.2) is 113 Å². The number of amides is 1. The van der Waals surface area contributed by atoms with Crippen LogP contribution in [0.4, 0.5) is 4.39 Å². The van der Waals surface area contributed by atoms with E-state index < -0.39 is 41.6 Å². The number of aliphatic hydroxyl groups is 2. The topological polar surface area (TPSA) is 128 Å². The molecule has 186 valence electrons. The molecule has 4 saturated heterocycles. The molecule has 10 nitrogen and oxygen atoms in total. The van der Waals surface area contributed by atoms with E-state index >= 15 is 0 Å². The first-order chi connectivity index (χ1) is 15.4. The molecule has 0 spiro atoms. The van der Waals surface area contributed by atoms with Gasteiger partial charge in [0.05, 0.1) is 32.3 Å². The molecule has 0 bridgehead atoms. The van der Waals surface area contributed by atoms with Crippen LogP contribution in [0.25, 0.3) is 0 Å². The molecule has 33 heavy (non-hydrogen) atoms. The highest BCUT2D eigenvalue weighted by atomic mass is 19.1. The largest absolute Gasteiger partial charge is 0.385 e. The average Bonchev–Trinajstić information content (AvgIpc) is 3.25. The van der Waals surface area contributed by atoms with Crippen LogP contribution in [0.5, 0.6) is 0 Å². The number of carbonyl (C=O) groups is 1. The van der Waals surface area contributed by atoms with Crippen molar-refractivity contribution in [3.63, 3.8) is 0 Å². The third-order valence-corrected chi connectivity index (χ3v) is 7.04. The minimum Gasteiger partial charge on any atom is -0.385 e. The normalized spacial score (nSPS) is 41.7. The lowest BCUT2D eigenvalue weighted by molar-refractivity contribution is -0.311. The van der Waals surface area contributed by atoms with Gasteiger partial charge in [0.25, 0.3) is 0 Å². The Hall–Kier alpha value is -1.39. The molecule has 4 aliphatic heterocycles. The first-order valence-corrected chi connectivity index (χ1v) is 11.7. The average molecular weight is 471 g/mol. The molecule has 0 aromatic carbocycles. The summed E-state index contributed by atoms with van der Waals surface area (Å²) in [7, 11) is 0. The van der Waals surface area contributed by atoms with Crippen molar-refractivity contribution in [3.05, 3.63) is 0 Å². The molecule has 4 rings (SSSR count). The molecule has 4 fully saturated rings. The van der Waals surface area contributed by atoms with Crippen molar-refractivity contribution in [2.75, 3.05) is 39.3 Å². The molecule has 11 heteroatoms. The lowest BCUT2D eigenvalue weighted by atomic mass is 9.95. The Morgan fingerprint density at radius 2 is 1.97 bits per heavy atom. The first-order valence-electron chi connectivity index (χ1n) is 11.7. The van der Waals surface area contributed by atoms with E-state index in [-0.39, 0.29) is 44.6 Å². The number of rotatable bonds is 5. The van der Waals surface area contributed by atoms with Crippen molar-refractivity contribution in [1.82, 2.24) is 15.1 Å². The Kier molecular flexibility index (Phi) is 6.74. The van der Waals surface area contributed by atoms with Gasteiger partial charge in [0.15, 0.2) is 5.79 Å². The van der Waals surface area contributed by atoms with Gasteiger partial charge in [0.2, 0.25) is 11.7 Å². The van der Waals surface area contributed by atoms with Crippen LogP contribution in [0.3, 0.4) is 0 Å². The van der Waals surface area contributed by atoms with Crippen LogP contribution in [-0.2, 0) is 19.0 Å². The first kappa shape index (κ1) is 24.7. The molecule has 0 saturated carbocycles. The predicted octanol–water partition coefficient (Wildman–Crippen LogP) is -0.507. The van der Waals surface area contributed by atoms with E-state index in [1.807, 2.05) is 11.0 Å². The van der Waals surface area contributed by atoms with E-state index in [0.29, 0.717) is 13.1 Å². The second kappa shape index (κ2) is 9.00. The second-order valence-corrected chi connectivity index (χ2v) is 10.5. The number of hydrogen-bond donors (Lipinski definition) is 3. The van der Waals surface area contributed by atoms with Crippen LogP contribution in [0.1, 0.15) is 40.0 Å². The lowest BCUT2D eigenvalue weighted by Gasteiger charge is -2.44. The summed E-state index contributed by atoms with van der Waals surface area (Å²) in [6, 6.07) is 1.38. The molecule has 0 radical (unpaired) electrons. The Balaban J connectivity index is 1.23. The number of nitrogens with zero attached hydrogens (tertiary/aromatic N) is 3. The zero-order valence-electron chi connectivity index (χ0n) is 19.5. The number of halogens is 1. The molecule has 0 aromatic heterocycles. The van der Waals surface area contributed by atoms with Crippen molar-refractivity contribution < 1.29 is 33.6 Å². The Morgan fingerprint density at radius 3 is 2.64 bits per heavy atom.